The molecule has 0 spiro atoms. The van der Waals surface area contributed by atoms with Crippen LogP contribution in [-0.2, 0) is 0 Å². The molecule has 2 N–H and O–H groups in total. The molecular weight excluding hydrogens is 306 g/mol. The van der Waals surface area contributed by atoms with E-state index in [1.165, 1.54) is 71.1 Å². The molecule has 0 aromatic heterocycles. The Morgan fingerprint density at radius 1 is 0.680 bits per heavy atom. The van der Waals surface area contributed by atoms with Crippen molar-refractivity contribution < 1.29 is 0 Å². The highest BCUT2D eigenvalue weighted by Gasteiger charge is 2.18. The molecule has 0 rings (SSSR count). The molecule has 0 aromatic carbocycles. The van der Waals surface area contributed by atoms with Gasteiger partial charge in [0.2, 0.25) is 0 Å². The van der Waals surface area contributed by atoms with E-state index < -0.39 is 0 Å². The summed E-state index contributed by atoms with van der Waals surface area (Å²) in [7, 11) is 0. The fourth-order valence-electron chi connectivity index (χ4n) is 3.68. The highest BCUT2D eigenvalue weighted by Crippen LogP contribution is 2.13. The number of unbranched alkanes of at least 4 members (excludes halogenated alkanes) is 2. The fourth-order valence-corrected chi connectivity index (χ4v) is 3.68. The van der Waals surface area contributed by atoms with E-state index in [0.717, 1.165) is 24.9 Å². The third-order valence-electron chi connectivity index (χ3n) is 5.72. The van der Waals surface area contributed by atoms with Crippen molar-refractivity contribution in [2.24, 2.45) is 11.7 Å². The lowest BCUT2D eigenvalue weighted by Gasteiger charge is -2.35. The van der Waals surface area contributed by atoms with Gasteiger partial charge in [-0.05, 0) is 71.0 Å². The highest BCUT2D eigenvalue weighted by atomic mass is 15.2. The molecule has 1 unspecified atom stereocenters. The maximum absolute atomic E-state index is 5.70. The van der Waals surface area contributed by atoms with Crippen LogP contribution in [0.4, 0.5) is 0 Å². The van der Waals surface area contributed by atoms with E-state index in [1.807, 2.05) is 0 Å². The molecule has 1 atom stereocenters. The molecule has 25 heavy (non-hydrogen) atoms. The molecule has 0 aliphatic carbocycles. The van der Waals surface area contributed by atoms with Crippen molar-refractivity contribution in [3.8, 4) is 0 Å². The summed E-state index contributed by atoms with van der Waals surface area (Å²) in [5.74, 6) is 0.838. The third kappa shape index (κ3) is 12.0. The average Bonchev–Trinajstić information content (AvgIpc) is 2.60. The van der Waals surface area contributed by atoms with E-state index in [-0.39, 0.29) is 0 Å². The van der Waals surface area contributed by atoms with Gasteiger partial charge in [0, 0.05) is 25.2 Å². The van der Waals surface area contributed by atoms with Gasteiger partial charge < -0.3 is 5.73 Å². The Labute approximate surface area is 159 Å². The van der Waals surface area contributed by atoms with Crippen LogP contribution in [0.3, 0.4) is 0 Å². The number of hydrogen-bond donors (Lipinski definition) is 1. The van der Waals surface area contributed by atoms with Gasteiger partial charge in [-0.15, -0.1) is 0 Å². The zero-order valence-electron chi connectivity index (χ0n) is 18.4. The lowest BCUT2D eigenvalue weighted by atomic mass is 10.1. The van der Waals surface area contributed by atoms with E-state index >= 15 is 0 Å². The molecule has 0 saturated heterocycles. The van der Waals surface area contributed by atoms with E-state index in [2.05, 4.69) is 51.3 Å². The van der Waals surface area contributed by atoms with Crippen LogP contribution >= 0.6 is 0 Å². The van der Waals surface area contributed by atoms with Crippen molar-refractivity contribution in [2.45, 2.75) is 105 Å². The third-order valence-corrected chi connectivity index (χ3v) is 5.72. The van der Waals surface area contributed by atoms with Crippen molar-refractivity contribution in [2.75, 3.05) is 32.7 Å². The average molecular weight is 356 g/mol. The molecule has 0 fully saturated rings. The molecule has 3 nitrogen and oxygen atoms in total. The Balaban J connectivity index is 4.53. The summed E-state index contributed by atoms with van der Waals surface area (Å²) in [5, 5.41) is 0. The monoisotopic (exact) mass is 355 g/mol. The summed E-state index contributed by atoms with van der Waals surface area (Å²) in [6.45, 7) is 19.8. The standard InChI is InChI=1S/C22H49N3/c1-7-21(6)24(16-12-10-14-20(4)5)18-19-25(17-13-11-15-23)22(8-2)9-3/h20-22H,7-19,23H2,1-6H3. The van der Waals surface area contributed by atoms with E-state index in [1.54, 1.807) is 0 Å². The second-order valence-electron chi connectivity index (χ2n) is 8.18. The van der Waals surface area contributed by atoms with Gasteiger partial charge in [-0.3, -0.25) is 9.80 Å². The molecule has 0 amide bonds. The molecule has 0 aliphatic heterocycles. The van der Waals surface area contributed by atoms with Crippen LogP contribution < -0.4 is 5.73 Å². The van der Waals surface area contributed by atoms with Gasteiger partial charge in [0.05, 0.1) is 0 Å². The second kappa shape index (κ2) is 16.1. The molecule has 0 saturated carbocycles. The zero-order valence-corrected chi connectivity index (χ0v) is 18.4. The topological polar surface area (TPSA) is 32.5 Å². The maximum Gasteiger partial charge on any atom is 0.0112 e. The number of rotatable bonds is 17. The molecule has 0 bridgehead atoms. The van der Waals surface area contributed by atoms with Crippen molar-refractivity contribution >= 4 is 0 Å². The molecule has 152 valence electrons. The Hall–Kier alpha value is -0.120. The van der Waals surface area contributed by atoms with Crippen LogP contribution in [0.25, 0.3) is 0 Å². The van der Waals surface area contributed by atoms with Crippen molar-refractivity contribution in [3.63, 3.8) is 0 Å². The first-order valence-electron chi connectivity index (χ1n) is 11.2. The first-order valence-corrected chi connectivity index (χ1v) is 11.2. The van der Waals surface area contributed by atoms with Crippen LogP contribution in [0, 0.1) is 5.92 Å². The SMILES string of the molecule is CCC(C)N(CCCCC(C)C)CCN(CCCCN)C(CC)CC. The predicted octanol–water partition coefficient (Wildman–Crippen LogP) is 5.14. The Kier molecular flexibility index (Phi) is 16.0. The maximum atomic E-state index is 5.70. The summed E-state index contributed by atoms with van der Waals surface area (Å²) < 4.78 is 0. The zero-order chi connectivity index (χ0) is 19.1. The summed E-state index contributed by atoms with van der Waals surface area (Å²) >= 11 is 0. The predicted molar refractivity (Wildman–Crippen MR) is 114 cm³/mol. The van der Waals surface area contributed by atoms with Crippen LogP contribution in [0.1, 0.15) is 92.9 Å². The summed E-state index contributed by atoms with van der Waals surface area (Å²) in [6.07, 6.45) is 10.3. The highest BCUT2D eigenvalue weighted by molar-refractivity contribution is 4.74. The minimum absolute atomic E-state index is 0.701. The molecule has 0 heterocycles. The minimum atomic E-state index is 0.701. The van der Waals surface area contributed by atoms with Gasteiger partial charge >= 0.3 is 0 Å². The Morgan fingerprint density at radius 3 is 1.76 bits per heavy atom. The van der Waals surface area contributed by atoms with E-state index in [9.17, 15) is 0 Å². The van der Waals surface area contributed by atoms with Gasteiger partial charge in [-0.1, -0.05) is 47.5 Å². The largest absolute Gasteiger partial charge is 0.330 e. The number of nitrogens with two attached hydrogens (primary N) is 1. The fraction of sp³-hybridized carbons (Fsp3) is 1.00. The summed E-state index contributed by atoms with van der Waals surface area (Å²) in [4.78, 5) is 5.47. The lowest BCUT2D eigenvalue weighted by Crippen LogP contribution is -2.44. The first kappa shape index (κ1) is 24.9. The minimum Gasteiger partial charge on any atom is -0.330 e. The van der Waals surface area contributed by atoms with Gasteiger partial charge in [0.1, 0.15) is 0 Å². The molecule has 3 heteroatoms. The van der Waals surface area contributed by atoms with Gasteiger partial charge in [0.15, 0.2) is 0 Å². The van der Waals surface area contributed by atoms with Crippen molar-refractivity contribution in [3.05, 3.63) is 0 Å². The molecule has 0 aromatic rings. The smallest absolute Gasteiger partial charge is 0.0112 e. The summed E-state index contributed by atoms with van der Waals surface area (Å²) in [6, 6.07) is 1.43. The van der Waals surface area contributed by atoms with Crippen LogP contribution in [-0.4, -0.2) is 54.6 Å². The Bertz CT molecular complexity index is 276. The summed E-state index contributed by atoms with van der Waals surface area (Å²) in [5.41, 5.74) is 5.70. The Morgan fingerprint density at radius 2 is 1.24 bits per heavy atom. The van der Waals surface area contributed by atoms with E-state index in [4.69, 9.17) is 5.73 Å². The number of hydrogen-bond acceptors (Lipinski definition) is 3. The van der Waals surface area contributed by atoms with Gasteiger partial charge in [-0.25, -0.2) is 0 Å². The number of nitrogens with zero attached hydrogens (tertiary/aromatic N) is 2. The molecule has 0 radical (unpaired) electrons. The van der Waals surface area contributed by atoms with Crippen molar-refractivity contribution in [1.29, 1.82) is 0 Å². The second-order valence-corrected chi connectivity index (χ2v) is 8.18. The van der Waals surface area contributed by atoms with Gasteiger partial charge in [0.25, 0.3) is 0 Å². The first-order chi connectivity index (χ1) is 12.0. The van der Waals surface area contributed by atoms with Crippen LogP contribution in [0.2, 0.25) is 0 Å². The normalized spacial score (nSPS) is 13.6. The molecule has 0 aliphatic rings. The van der Waals surface area contributed by atoms with Crippen LogP contribution in [0.5, 0.6) is 0 Å². The van der Waals surface area contributed by atoms with E-state index in [0.29, 0.717) is 6.04 Å². The van der Waals surface area contributed by atoms with Gasteiger partial charge in [-0.2, -0.15) is 0 Å². The quantitative estimate of drug-likeness (QED) is 0.367. The molecular formula is C22H49N3. The van der Waals surface area contributed by atoms with Crippen LogP contribution in [0.15, 0.2) is 0 Å². The lowest BCUT2D eigenvalue weighted by molar-refractivity contribution is 0.128. The van der Waals surface area contributed by atoms with Crippen molar-refractivity contribution in [1.82, 2.24) is 9.80 Å².